The molecule has 1 saturated heterocycles. The predicted molar refractivity (Wildman–Crippen MR) is 125 cm³/mol. The molecule has 0 bridgehead atoms. The topological polar surface area (TPSA) is 98.6 Å². The van der Waals surface area contributed by atoms with E-state index in [0.717, 1.165) is 29.4 Å². The van der Waals surface area contributed by atoms with Crippen molar-refractivity contribution >= 4 is 40.1 Å². The van der Waals surface area contributed by atoms with E-state index in [0.29, 0.717) is 35.9 Å². The van der Waals surface area contributed by atoms with Gasteiger partial charge in [-0.1, -0.05) is 11.6 Å². The van der Waals surface area contributed by atoms with Gasteiger partial charge in [-0.2, -0.15) is 0 Å². The molecule has 1 aromatic carbocycles. The van der Waals surface area contributed by atoms with Crippen LogP contribution in [0.25, 0.3) is 16.6 Å². The van der Waals surface area contributed by atoms with Crippen LogP contribution in [-0.4, -0.2) is 67.5 Å². The van der Waals surface area contributed by atoms with E-state index in [4.69, 9.17) is 11.6 Å². The third-order valence-corrected chi connectivity index (χ3v) is 6.41. The minimum absolute atomic E-state index is 0.0678. The Morgan fingerprint density at radius 3 is 3.06 bits per heavy atom. The molecule has 3 aromatic heterocycles. The van der Waals surface area contributed by atoms with E-state index in [1.54, 1.807) is 33.6 Å². The second kappa shape index (κ2) is 8.74. The van der Waals surface area contributed by atoms with Gasteiger partial charge in [-0.25, -0.2) is 4.79 Å². The molecule has 3 amide bonds. The normalized spacial score (nSPS) is 16.3. The molecule has 0 radical (unpaired) electrons. The van der Waals surface area contributed by atoms with Crippen LogP contribution in [0, 0.1) is 0 Å². The fourth-order valence-electron chi connectivity index (χ4n) is 4.36. The second-order valence-electron chi connectivity index (χ2n) is 8.33. The van der Waals surface area contributed by atoms with E-state index in [1.807, 2.05) is 36.5 Å². The number of fused-ring (bicyclic) bond motifs is 2. The molecule has 33 heavy (non-hydrogen) atoms. The lowest BCUT2D eigenvalue weighted by Crippen LogP contribution is -2.52. The number of H-pyrrole nitrogens is 1. The zero-order valence-corrected chi connectivity index (χ0v) is 18.9. The number of carbonyl (C=O) groups is 2. The molecule has 1 atom stereocenters. The highest BCUT2D eigenvalue weighted by Crippen LogP contribution is 2.21. The molecule has 0 saturated carbocycles. The number of carbonyl (C=O) groups excluding carboxylic acids is 2. The molecule has 1 fully saturated rings. The Hall–Kier alpha value is -3.59. The number of hydrogen-bond donors (Lipinski definition) is 2. The molecule has 2 N–H and O–H groups in total. The van der Waals surface area contributed by atoms with Gasteiger partial charge in [0.15, 0.2) is 5.65 Å². The van der Waals surface area contributed by atoms with Crippen molar-refractivity contribution in [1.29, 1.82) is 0 Å². The number of rotatable bonds is 4. The maximum Gasteiger partial charge on any atom is 0.317 e. The molecule has 1 aliphatic rings. The van der Waals surface area contributed by atoms with Crippen molar-refractivity contribution in [3.05, 3.63) is 65.2 Å². The zero-order chi connectivity index (χ0) is 22.9. The van der Waals surface area contributed by atoms with E-state index in [-0.39, 0.29) is 18.0 Å². The van der Waals surface area contributed by atoms with Crippen LogP contribution in [0.1, 0.15) is 28.9 Å². The fourth-order valence-corrected chi connectivity index (χ4v) is 4.54. The van der Waals surface area contributed by atoms with Crippen molar-refractivity contribution in [3.63, 3.8) is 0 Å². The van der Waals surface area contributed by atoms with Crippen LogP contribution in [-0.2, 0) is 6.54 Å². The Morgan fingerprint density at radius 1 is 1.30 bits per heavy atom. The van der Waals surface area contributed by atoms with Crippen LogP contribution < -0.4 is 5.32 Å². The number of hydrogen-bond acceptors (Lipinski definition) is 4. The van der Waals surface area contributed by atoms with E-state index in [2.05, 4.69) is 20.5 Å². The number of pyridine rings is 1. The van der Waals surface area contributed by atoms with Gasteiger partial charge in [0.1, 0.15) is 6.33 Å². The van der Waals surface area contributed by atoms with E-state index >= 15 is 0 Å². The molecule has 9 nitrogen and oxygen atoms in total. The summed E-state index contributed by atoms with van der Waals surface area (Å²) in [7, 11) is 1.78. The first-order valence-electron chi connectivity index (χ1n) is 10.8. The average Bonchev–Trinajstić information content (AvgIpc) is 3.47. The number of amides is 3. The van der Waals surface area contributed by atoms with Crippen LogP contribution in [0.2, 0.25) is 5.02 Å². The van der Waals surface area contributed by atoms with Crippen molar-refractivity contribution in [2.45, 2.75) is 25.4 Å². The standard InChI is InChI=1S/C23H24ClN7O2/c1-29(23(33)25-12-17-11-15-10-16(24)6-7-20(15)27-17)18-4-2-8-30(13-18)22(32)19-5-3-9-31-14-26-28-21(19)31/h3,5-7,9-11,14,18,27H,2,4,8,12-13H2,1H3,(H,25,33)/t18-/m1/s1. The Bertz CT molecular complexity index is 1330. The maximum absolute atomic E-state index is 13.2. The quantitative estimate of drug-likeness (QED) is 0.483. The SMILES string of the molecule is CN(C(=O)NCc1cc2cc(Cl)ccc2[nH]1)[C@@H]1CCCN(C(=O)c2cccn3cnnc23)C1. The van der Waals surface area contributed by atoms with E-state index in [9.17, 15) is 9.59 Å². The Labute approximate surface area is 195 Å². The molecular weight excluding hydrogens is 442 g/mol. The highest BCUT2D eigenvalue weighted by atomic mass is 35.5. The molecule has 4 heterocycles. The molecular formula is C23H24ClN7O2. The summed E-state index contributed by atoms with van der Waals surface area (Å²) in [6, 6.07) is 10.9. The number of halogens is 1. The summed E-state index contributed by atoms with van der Waals surface area (Å²) >= 11 is 6.05. The average molecular weight is 466 g/mol. The van der Waals surface area contributed by atoms with Crippen molar-refractivity contribution in [3.8, 4) is 0 Å². The number of likely N-dealkylation sites (tertiary alicyclic amines) is 1. The number of aromatic nitrogens is 4. The minimum Gasteiger partial charge on any atom is -0.357 e. The molecule has 5 rings (SSSR count). The van der Waals surface area contributed by atoms with Gasteiger partial charge in [-0.3, -0.25) is 9.20 Å². The number of piperidine rings is 1. The molecule has 0 spiro atoms. The smallest absolute Gasteiger partial charge is 0.317 e. The van der Waals surface area contributed by atoms with Gasteiger partial charge < -0.3 is 20.1 Å². The third-order valence-electron chi connectivity index (χ3n) is 6.17. The maximum atomic E-state index is 13.2. The summed E-state index contributed by atoms with van der Waals surface area (Å²) in [4.78, 5) is 32.8. The van der Waals surface area contributed by atoms with Crippen LogP contribution in [0.15, 0.2) is 48.9 Å². The summed E-state index contributed by atoms with van der Waals surface area (Å²) in [6.07, 6.45) is 5.05. The van der Waals surface area contributed by atoms with E-state index in [1.165, 1.54) is 0 Å². The molecule has 0 unspecified atom stereocenters. The fraction of sp³-hybridized carbons (Fsp3) is 0.304. The van der Waals surface area contributed by atoms with Gasteiger partial charge in [-0.15, -0.1) is 10.2 Å². The monoisotopic (exact) mass is 465 g/mol. The Balaban J connectivity index is 1.22. The van der Waals surface area contributed by atoms with Gasteiger partial charge in [0.25, 0.3) is 5.91 Å². The molecule has 4 aromatic rings. The number of urea groups is 1. The Kier molecular flexibility index (Phi) is 5.63. The molecule has 1 aliphatic heterocycles. The Morgan fingerprint density at radius 2 is 2.18 bits per heavy atom. The van der Waals surface area contributed by atoms with Gasteiger partial charge in [0.05, 0.1) is 18.2 Å². The molecule has 0 aliphatic carbocycles. The largest absolute Gasteiger partial charge is 0.357 e. The highest BCUT2D eigenvalue weighted by molar-refractivity contribution is 6.31. The molecule has 170 valence electrons. The summed E-state index contributed by atoms with van der Waals surface area (Å²) in [6.45, 7) is 1.50. The van der Waals surface area contributed by atoms with Gasteiger partial charge in [0.2, 0.25) is 0 Å². The second-order valence-corrected chi connectivity index (χ2v) is 8.76. The van der Waals surface area contributed by atoms with Crippen molar-refractivity contribution < 1.29 is 9.59 Å². The minimum atomic E-state index is -0.175. The summed E-state index contributed by atoms with van der Waals surface area (Å²) < 4.78 is 1.73. The van der Waals surface area contributed by atoms with Crippen LogP contribution >= 0.6 is 11.6 Å². The number of benzene rings is 1. The van der Waals surface area contributed by atoms with E-state index < -0.39 is 0 Å². The van der Waals surface area contributed by atoms with Crippen LogP contribution in [0.4, 0.5) is 4.79 Å². The number of nitrogens with zero attached hydrogens (tertiary/aromatic N) is 5. The summed E-state index contributed by atoms with van der Waals surface area (Å²) in [5.41, 5.74) is 2.93. The van der Waals surface area contributed by atoms with Crippen LogP contribution in [0.3, 0.4) is 0 Å². The number of likely N-dealkylation sites (N-methyl/N-ethyl adjacent to an activating group) is 1. The van der Waals surface area contributed by atoms with Crippen molar-refractivity contribution in [1.82, 2.24) is 34.7 Å². The van der Waals surface area contributed by atoms with Crippen molar-refractivity contribution in [2.75, 3.05) is 20.1 Å². The summed E-state index contributed by atoms with van der Waals surface area (Å²) in [5.74, 6) is -0.0937. The first-order valence-corrected chi connectivity index (χ1v) is 11.2. The lowest BCUT2D eigenvalue weighted by Gasteiger charge is -2.37. The number of nitrogens with one attached hydrogen (secondary N) is 2. The van der Waals surface area contributed by atoms with Gasteiger partial charge in [0, 0.05) is 48.0 Å². The lowest BCUT2D eigenvalue weighted by molar-refractivity contribution is 0.0637. The zero-order valence-electron chi connectivity index (χ0n) is 18.2. The third kappa shape index (κ3) is 4.23. The van der Waals surface area contributed by atoms with Gasteiger partial charge in [-0.05, 0) is 49.2 Å². The number of aromatic amines is 1. The first-order chi connectivity index (χ1) is 16.0. The molecule has 10 heteroatoms. The van der Waals surface area contributed by atoms with Crippen LogP contribution in [0.5, 0.6) is 0 Å². The lowest BCUT2D eigenvalue weighted by atomic mass is 10.0. The van der Waals surface area contributed by atoms with Gasteiger partial charge >= 0.3 is 6.03 Å². The summed E-state index contributed by atoms with van der Waals surface area (Å²) in [5, 5.41) is 12.6. The van der Waals surface area contributed by atoms with Crippen molar-refractivity contribution in [2.24, 2.45) is 0 Å². The first kappa shape index (κ1) is 21.3. The predicted octanol–water partition coefficient (Wildman–Crippen LogP) is 3.31. The highest BCUT2D eigenvalue weighted by Gasteiger charge is 2.30.